The van der Waals surface area contributed by atoms with Crippen molar-refractivity contribution in [1.29, 1.82) is 0 Å². The number of anilines is 1. The zero-order valence-electron chi connectivity index (χ0n) is 14.5. The Morgan fingerprint density at radius 3 is 2.59 bits per heavy atom. The van der Waals surface area contributed by atoms with Gasteiger partial charge in [0.25, 0.3) is 0 Å². The highest BCUT2D eigenvalue weighted by Gasteiger charge is 2.28. The first-order chi connectivity index (χ1) is 10.4. The van der Waals surface area contributed by atoms with Crippen LogP contribution in [0.25, 0.3) is 5.69 Å². The van der Waals surface area contributed by atoms with Gasteiger partial charge in [-0.3, -0.25) is 0 Å². The summed E-state index contributed by atoms with van der Waals surface area (Å²) in [5, 5.41) is 8.65. The first kappa shape index (κ1) is 15.1. The van der Waals surface area contributed by atoms with Crippen molar-refractivity contribution in [3.8, 4) is 5.69 Å². The van der Waals surface area contributed by atoms with E-state index in [0.29, 0.717) is 0 Å². The molecule has 0 radical (unpaired) electrons. The molecule has 0 unspecified atom stereocenters. The standard InChI is InChI=1S/C19H27N3/c1-13-9-10-16(14(2)12-13)22-18-15(8-6-7-11-20-18)17(21-22)19(3,4)5/h9-10,12,20H,6-8,11H2,1-5H3. The monoisotopic (exact) mass is 297 g/mol. The molecule has 1 N–H and O–H groups in total. The fourth-order valence-electron chi connectivity index (χ4n) is 3.32. The summed E-state index contributed by atoms with van der Waals surface area (Å²) >= 11 is 0. The molecule has 22 heavy (non-hydrogen) atoms. The molecule has 1 aromatic carbocycles. The quantitative estimate of drug-likeness (QED) is 0.837. The van der Waals surface area contributed by atoms with Crippen LogP contribution < -0.4 is 5.32 Å². The van der Waals surface area contributed by atoms with Crippen molar-refractivity contribution >= 4 is 5.82 Å². The van der Waals surface area contributed by atoms with Gasteiger partial charge >= 0.3 is 0 Å². The third kappa shape index (κ3) is 2.65. The van der Waals surface area contributed by atoms with Gasteiger partial charge in [0, 0.05) is 17.5 Å². The molecule has 0 saturated heterocycles. The van der Waals surface area contributed by atoms with Crippen LogP contribution in [0.3, 0.4) is 0 Å². The third-order valence-electron chi connectivity index (χ3n) is 4.42. The predicted octanol–water partition coefficient (Wildman–Crippen LogP) is 4.53. The van der Waals surface area contributed by atoms with Crippen LogP contribution >= 0.6 is 0 Å². The number of fused-ring (bicyclic) bond motifs is 1. The topological polar surface area (TPSA) is 29.9 Å². The molecule has 3 heteroatoms. The van der Waals surface area contributed by atoms with E-state index in [2.05, 4.69) is 62.8 Å². The summed E-state index contributed by atoms with van der Waals surface area (Å²) in [6.45, 7) is 12.1. The molecule has 0 amide bonds. The minimum atomic E-state index is 0.0694. The lowest BCUT2D eigenvalue weighted by atomic mass is 9.88. The maximum atomic E-state index is 5.02. The highest BCUT2D eigenvalue weighted by molar-refractivity contribution is 5.57. The van der Waals surface area contributed by atoms with Crippen LogP contribution in [-0.4, -0.2) is 16.3 Å². The Labute approximate surface area is 133 Å². The number of nitrogens with one attached hydrogen (secondary N) is 1. The van der Waals surface area contributed by atoms with E-state index in [1.165, 1.54) is 46.7 Å². The first-order valence-electron chi connectivity index (χ1n) is 8.32. The molecular weight excluding hydrogens is 270 g/mol. The van der Waals surface area contributed by atoms with Crippen LogP contribution in [0.15, 0.2) is 18.2 Å². The van der Waals surface area contributed by atoms with Gasteiger partial charge in [0.2, 0.25) is 0 Å². The maximum absolute atomic E-state index is 5.02. The van der Waals surface area contributed by atoms with E-state index in [1.54, 1.807) is 0 Å². The summed E-state index contributed by atoms with van der Waals surface area (Å²) in [5.74, 6) is 1.20. The van der Waals surface area contributed by atoms with Crippen LogP contribution in [0.1, 0.15) is 56.0 Å². The predicted molar refractivity (Wildman–Crippen MR) is 93.2 cm³/mol. The zero-order chi connectivity index (χ0) is 15.9. The molecule has 0 spiro atoms. The molecule has 0 bridgehead atoms. The van der Waals surface area contributed by atoms with Gasteiger partial charge in [0.05, 0.1) is 11.4 Å². The largest absolute Gasteiger partial charge is 0.370 e. The second kappa shape index (κ2) is 5.45. The number of rotatable bonds is 1. The molecule has 0 atom stereocenters. The summed E-state index contributed by atoms with van der Waals surface area (Å²) in [5.41, 5.74) is 6.47. The Hall–Kier alpha value is -1.77. The van der Waals surface area contributed by atoms with E-state index in [4.69, 9.17) is 5.10 Å². The van der Waals surface area contributed by atoms with Crippen molar-refractivity contribution in [2.45, 2.75) is 59.3 Å². The zero-order valence-corrected chi connectivity index (χ0v) is 14.5. The summed E-state index contributed by atoms with van der Waals surface area (Å²) in [7, 11) is 0. The van der Waals surface area contributed by atoms with E-state index in [9.17, 15) is 0 Å². The summed E-state index contributed by atoms with van der Waals surface area (Å²) < 4.78 is 2.13. The van der Waals surface area contributed by atoms with Gasteiger partial charge < -0.3 is 5.32 Å². The lowest BCUT2D eigenvalue weighted by Crippen LogP contribution is -2.15. The Bertz CT molecular complexity index is 689. The second-order valence-corrected chi connectivity index (χ2v) is 7.51. The SMILES string of the molecule is Cc1ccc(-n2nc(C(C)(C)C)c3c2NCCCC3)c(C)c1. The Kier molecular flexibility index (Phi) is 3.75. The summed E-state index contributed by atoms with van der Waals surface area (Å²) in [6.07, 6.45) is 3.59. The van der Waals surface area contributed by atoms with Gasteiger partial charge in [0.15, 0.2) is 0 Å². The van der Waals surface area contributed by atoms with Gasteiger partial charge in [-0.05, 0) is 44.7 Å². The molecule has 1 aromatic heterocycles. The minimum absolute atomic E-state index is 0.0694. The van der Waals surface area contributed by atoms with Crippen molar-refractivity contribution in [2.24, 2.45) is 0 Å². The molecule has 0 fully saturated rings. The number of aryl methyl sites for hydroxylation is 2. The molecule has 118 valence electrons. The highest BCUT2D eigenvalue weighted by Crippen LogP contribution is 2.35. The average Bonchev–Trinajstić information content (AvgIpc) is 2.63. The molecular formula is C19H27N3. The summed E-state index contributed by atoms with van der Waals surface area (Å²) in [6, 6.07) is 6.59. The van der Waals surface area contributed by atoms with Gasteiger partial charge in [-0.2, -0.15) is 5.10 Å². The van der Waals surface area contributed by atoms with Crippen molar-refractivity contribution in [3.63, 3.8) is 0 Å². The Morgan fingerprint density at radius 1 is 1.14 bits per heavy atom. The minimum Gasteiger partial charge on any atom is -0.370 e. The van der Waals surface area contributed by atoms with Crippen LogP contribution in [0.4, 0.5) is 5.82 Å². The number of nitrogens with zero attached hydrogens (tertiary/aromatic N) is 2. The van der Waals surface area contributed by atoms with Crippen LogP contribution in [0.5, 0.6) is 0 Å². The molecule has 3 nitrogen and oxygen atoms in total. The van der Waals surface area contributed by atoms with Gasteiger partial charge in [-0.25, -0.2) is 4.68 Å². The van der Waals surface area contributed by atoms with E-state index < -0.39 is 0 Å². The fraction of sp³-hybridized carbons (Fsp3) is 0.526. The number of hydrogen-bond donors (Lipinski definition) is 1. The van der Waals surface area contributed by atoms with Gasteiger partial charge in [-0.15, -0.1) is 0 Å². The lowest BCUT2D eigenvalue weighted by molar-refractivity contribution is 0.552. The van der Waals surface area contributed by atoms with Crippen LogP contribution in [-0.2, 0) is 11.8 Å². The summed E-state index contributed by atoms with van der Waals surface area (Å²) in [4.78, 5) is 0. The number of benzene rings is 1. The van der Waals surface area contributed by atoms with E-state index in [0.717, 1.165) is 13.0 Å². The molecule has 3 rings (SSSR count). The molecule has 2 aromatic rings. The molecule has 0 saturated carbocycles. The Morgan fingerprint density at radius 2 is 1.91 bits per heavy atom. The van der Waals surface area contributed by atoms with E-state index in [1.807, 2.05) is 0 Å². The van der Waals surface area contributed by atoms with Crippen LogP contribution in [0.2, 0.25) is 0 Å². The van der Waals surface area contributed by atoms with E-state index in [-0.39, 0.29) is 5.41 Å². The molecule has 1 aliphatic rings. The Balaban J connectivity index is 2.21. The van der Waals surface area contributed by atoms with Gasteiger partial charge in [-0.1, -0.05) is 38.5 Å². The molecule has 2 heterocycles. The van der Waals surface area contributed by atoms with Crippen molar-refractivity contribution in [2.75, 3.05) is 11.9 Å². The fourth-order valence-corrected chi connectivity index (χ4v) is 3.32. The third-order valence-corrected chi connectivity index (χ3v) is 4.42. The number of aromatic nitrogens is 2. The second-order valence-electron chi connectivity index (χ2n) is 7.51. The molecule has 0 aliphatic carbocycles. The van der Waals surface area contributed by atoms with Gasteiger partial charge in [0.1, 0.15) is 5.82 Å². The first-order valence-corrected chi connectivity index (χ1v) is 8.32. The lowest BCUT2D eigenvalue weighted by Gasteiger charge is -2.17. The smallest absolute Gasteiger partial charge is 0.133 e. The normalized spacial score (nSPS) is 15.1. The van der Waals surface area contributed by atoms with Crippen molar-refractivity contribution < 1.29 is 0 Å². The van der Waals surface area contributed by atoms with Crippen LogP contribution in [0, 0.1) is 13.8 Å². The van der Waals surface area contributed by atoms with Crippen molar-refractivity contribution in [3.05, 3.63) is 40.6 Å². The maximum Gasteiger partial charge on any atom is 0.133 e. The molecule has 1 aliphatic heterocycles. The average molecular weight is 297 g/mol. The highest BCUT2D eigenvalue weighted by atomic mass is 15.3. The van der Waals surface area contributed by atoms with E-state index >= 15 is 0 Å². The van der Waals surface area contributed by atoms with Crippen molar-refractivity contribution in [1.82, 2.24) is 9.78 Å². The number of hydrogen-bond acceptors (Lipinski definition) is 2.